The van der Waals surface area contributed by atoms with Crippen molar-refractivity contribution in [3.63, 3.8) is 0 Å². The van der Waals surface area contributed by atoms with Crippen LogP contribution in [0.15, 0.2) is 12.4 Å². The van der Waals surface area contributed by atoms with Crippen molar-refractivity contribution in [3.05, 3.63) is 12.4 Å². The second-order valence-electron chi connectivity index (χ2n) is 4.08. The molecule has 1 saturated heterocycles. The molecule has 1 aliphatic rings. The summed E-state index contributed by atoms with van der Waals surface area (Å²) in [5.41, 5.74) is 0. The first-order valence-corrected chi connectivity index (χ1v) is 7.31. The van der Waals surface area contributed by atoms with E-state index < -0.39 is 9.84 Å². The Kier molecular flexibility index (Phi) is 3.18. The van der Waals surface area contributed by atoms with E-state index in [1.54, 1.807) is 10.9 Å². The minimum atomic E-state index is -2.87. The van der Waals surface area contributed by atoms with Crippen molar-refractivity contribution >= 4 is 9.84 Å². The maximum absolute atomic E-state index is 11.2. The van der Waals surface area contributed by atoms with Crippen LogP contribution in [0.3, 0.4) is 0 Å². The summed E-state index contributed by atoms with van der Waals surface area (Å²) in [4.78, 5) is 0. The normalized spacial score (nSPS) is 23.4. The van der Waals surface area contributed by atoms with E-state index in [4.69, 9.17) is 4.74 Å². The predicted octanol–water partition coefficient (Wildman–Crippen LogP) is 0.859. The lowest BCUT2D eigenvalue weighted by atomic mass is 10.3. The Labute approximate surface area is 95.3 Å². The van der Waals surface area contributed by atoms with Crippen LogP contribution in [0.2, 0.25) is 0 Å². The molecule has 0 saturated carbocycles. The smallest absolute Gasteiger partial charge is 0.157 e. The molecule has 0 aromatic carbocycles. The van der Waals surface area contributed by atoms with Crippen LogP contribution in [0.4, 0.5) is 0 Å². The van der Waals surface area contributed by atoms with Gasteiger partial charge in [-0.1, -0.05) is 6.92 Å². The van der Waals surface area contributed by atoms with Crippen molar-refractivity contribution < 1.29 is 13.2 Å². The number of sulfone groups is 1. The molecule has 1 fully saturated rings. The number of aryl methyl sites for hydroxylation is 1. The average molecular weight is 244 g/mol. The molecule has 16 heavy (non-hydrogen) atoms. The Bertz CT molecular complexity index is 452. The molecule has 1 atom stereocenters. The van der Waals surface area contributed by atoms with E-state index in [0.717, 1.165) is 13.0 Å². The average Bonchev–Trinajstić information content (AvgIpc) is 2.75. The third-order valence-electron chi connectivity index (χ3n) is 2.56. The summed E-state index contributed by atoms with van der Waals surface area (Å²) in [7, 11) is -2.87. The fourth-order valence-electron chi connectivity index (χ4n) is 1.80. The summed E-state index contributed by atoms with van der Waals surface area (Å²) in [5, 5.41) is 4.13. The maximum atomic E-state index is 11.2. The molecule has 0 spiro atoms. The lowest BCUT2D eigenvalue weighted by molar-refractivity contribution is 0.228. The highest BCUT2D eigenvalue weighted by molar-refractivity contribution is 7.91. The molecule has 0 radical (unpaired) electrons. The van der Waals surface area contributed by atoms with Gasteiger partial charge >= 0.3 is 0 Å². The zero-order valence-corrected chi connectivity index (χ0v) is 10.1. The van der Waals surface area contributed by atoms with Gasteiger partial charge in [-0.05, 0) is 12.8 Å². The van der Waals surface area contributed by atoms with Crippen LogP contribution in [0.1, 0.15) is 19.8 Å². The summed E-state index contributed by atoms with van der Waals surface area (Å²) in [5.74, 6) is 1.03. The number of hydrogen-bond donors (Lipinski definition) is 0. The van der Waals surface area contributed by atoms with Crippen molar-refractivity contribution in [2.24, 2.45) is 0 Å². The molecule has 0 amide bonds. The van der Waals surface area contributed by atoms with E-state index >= 15 is 0 Å². The van der Waals surface area contributed by atoms with Crippen molar-refractivity contribution in [3.8, 4) is 5.75 Å². The molecule has 1 unspecified atom stereocenters. The molecule has 2 rings (SSSR count). The zero-order valence-electron chi connectivity index (χ0n) is 9.30. The van der Waals surface area contributed by atoms with Crippen LogP contribution < -0.4 is 4.74 Å². The van der Waals surface area contributed by atoms with Crippen molar-refractivity contribution in [2.75, 3.05) is 11.5 Å². The van der Waals surface area contributed by atoms with Crippen molar-refractivity contribution in [1.29, 1.82) is 0 Å². The summed E-state index contributed by atoms with van der Waals surface area (Å²) >= 11 is 0. The highest BCUT2D eigenvalue weighted by Gasteiger charge is 2.29. The van der Waals surface area contributed by atoms with Gasteiger partial charge in [0.05, 0.1) is 23.9 Å². The minimum absolute atomic E-state index is 0.131. The first kappa shape index (κ1) is 11.4. The number of ether oxygens (including phenoxy) is 1. The molecule has 0 aliphatic carbocycles. The van der Waals surface area contributed by atoms with E-state index in [0.29, 0.717) is 12.2 Å². The van der Waals surface area contributed by atoms with Crippen LogP contribution in [-0.2, 0) is 16.4 Å². The molecular formula is C10H16N2O3S. The minimum Gasteiger partial charge on any atom is -0.486 e. The second-order valence-corrected chi connectivity index (χ2v) is 6.31. The second kappa shape index (κ2) is 4.45. The van der Waals surface area contributed by atoms with Crippen LogP contribution >= 0.6 is 0 Å². The number of hydrogen-bond acceptors (Lipinski definition) is 4. The molecule has 0 bridgehead atoms. The van der Waals surface area contributed by atoms with Gasteiger partial charge in [-0.15, -0.1) is 0 Å². The van der Waals surface area contributed by atoms with Gasteiger partial charge in [0.2, 0.25) is 0 Å². The Morgan fingerprint density at radius 3 is 3.06 bits per heavy atom. The largest absolute Gasteiger partial charge is 0.486 e. The molecule has 5 nitrogen and oxygen atoms in total. The van der Waals surface area contributed by atoms with Crippen molar-refractivity contribution in [2.45, 2.75) is 32.4 Å². The predicted molar refractivity (Wildman–Crippen MR) is 60.2 cm³/mol. The topological polar surface area (TPSA) is 61.2 Å². The Morgan fingerprint density at radius 1 is 1.62 bits per heavy atom. The molecule has 1 aliphatic heterocycles. The number of nitrogens with zero attached hydrogens (tertiary/aromatic N) is 2. The fraction of sp³-hybridized carbons (Fsp3) is 0.700. The third-order valence-corrected chi connectivity index (χ3v) is 4.29. The fourth-order valence-corrected chi connectivity index (χ4v) is 3.39. The summed E-state index contributed by atoms with van der Waals surface area (Å²) in [6.45, 7) is 2.93. The number of aromatic nitrogens is 2. The van der Waals surface area contributed by atoms with Gasteiger partial charge in [0, 0.05) is 6.54 Å². The maximum Gasteiger partial charge on any atom is 0.157 e. The molecule has 1 aromatic rings. The van der Waals surface area contributed by atoms with Gasteiger partial charge in [0.15, 0.2) is 15.6 Å². The lowest BCUT2D eigenvalue weighted by Gasteiger charge is -2.08. The van der Waals surface area contributed by atoms with E-state index in [9.17, 15) is 8.42 Å². The molecule has 6 heteroatoms. The van der Waals surface area contributed by atoms with Crippen LogP contribution in [0.5, 0.6) is 5.75 Å². The van der Waals surface area contributed by atoms with Gasteiger partial charge < -0.3 is 4.74 Å². The lowest BCUT2D eigenvalue weighted by Crippen LogP contribution is -2.17. The van der Waals surface area contributed by atoms with E-state index in [2.05, 4.69) is 12.0 Å². The van der Waals surface area contributed by atoms with Gasteiger partial charge in [0.25, 0.3) is 0 Å². The number of rotatable bonds is 4. The van der Waals surface area contributed by atoms with Crippen LogP contribution in [-0.4, -0.2) is 35.8 Å². The first-order valence-electron chi connectivity index (χ1n) is 5.48. The van der Waals surface area contributed by atoms with E-state index in [-0.39, 0.29) is 17.6 Å². The highest BCUT2D eigenvalue weighted by atomic mass is 32.2. The molecule has 2 heterocycles. The summed E-state index contributed by atoms with van der Waals surface area (Å²) in [6.07, 6.45) is 4.85. The molecule has 1 aromatic heterocycles. The van der Waals surface area contributed by atoms with Gasteiger partial charge in [0.1, 0.15) is 6.10 Å². The Balaban J connectivity index is 1.94. The van der Waals surface area contributed by atoms with Crippen molar-refractivity contribution in [1.82, 2.24) is 9.78 Å². The van der Waals surface area contributed by atoms with Crippen LogP contribution in [0, 0.1) is 0 Å². The Hall–Kier alpha value is -1.04. The van der Waals surface area contributed by atoms with Gasteiger partial charge in [-0.3, -0.25) is 4.68 Å². The van der Waals surface area contributed by atoms with Gasteiger partial charge in [-0.25, -0.2) is 8.42 Å². The summed E-state index contributed by atoms with van der Waals surface area (Å²) in [6, 6.07) is 0. The molecule has 90 valence electrons. The SMILES string of the molecule is CCCn1cc(OC2CCS(=O)(=O)C2)cn1. The van der Waals surface area contributed by atoms with Crippen LogP contribution in [0.25, 0.3) is 0 Å². The molecular weight excluding hydrogens is 228 g/mol. The monoisotopic (exact) mass is 244 g/mol. The molecule has 0 N–H and O–H groups in total. The summed E-state index contributed by atoms with van der Waals surface area (Å²) < 4.78 is 29.9. The van der Waals surface area contributed by atoms with Gasteiger partial charge in [-0.2, -0.15) is 5.10 Å². The van der Waals surface area contributed by atoms with E-state index in [1.807, 2.05) is 6.20 Å². The van der Waals surface area contributed by atoms with E-state index in [1.165, 1.54) is 0 Å². The Morgan fingerprint density at radius 2 is 2.44 bits per heavy atom. The highest BCUT2D eigenvalue weighted by Crippen LogP contribution is 2.19. The standard InChI is InChI=1S/C10H16N2O3S/c1-2-4-12-7-10(6-11-12)15-9-3-5-16(13,14)8-9/h6-7,9H,2-5,8H2,1H3. The first-order chi connectivity index (χ1) is 7.59. The zero-order chi connectivity index (χ0) is 11.6. The quantitative estimate of drug-likeness (QED) is 0.788. The third kappa shape index (κ3) is 2.75.